The molecule has 0 saturated carbocycles. The fourth-order valence-corrected chi connectivity index (χ4v) is 1.99. The molecule has 0 aliphatic rings. The second kappa shape index (κ2) is 10.4. The van der Waals surface area contributed by atoms with Gasteiger partial charge in [0.05, 0.1) is 7.11 Å². The molecule has 0 aromatic carbocycles. The Kier molecular flexibility index (Phi) is 8.49. The summed E-state index contributed by atoms with van der Waals surface area (Å²) in [7, 11) is 1.37. The minimum Gasteiger partial charge on any atom is -0.490 e. The Labute approximate surface area is 134 Å². The van der Waals surface area contributed by atoms with Gasteiger partial charge in [-0.3, -0.25) is 14.4 Å². The molecule has 1 amide bonds. The van der Waals surface area contributed by atoms with Gasteiger partial charge in [-0.25, -0.2) is 0 Å². The van der Waals surface area contributed by atoms with E-state index in [-0.39, 0.29) is 35.4 Å². The zero-order valence-corrected chi connectivity index (χ0v) is 13.3. The Hall–Kier alpha value is -2.31. The van der Waals surface area contributed by atoms with Gasteiger partial charge in [0.1, 0.15) is 18.6 Å². The number of carbonyl (C=O) groups excluding carboxylic acids is 2. The van der Waals surface area contributed by atoms with Crippen LogP contribution in [0.15, 0.2) is 21.5 Å². The molecule has 0 atom stereocenters. The van der Waals surface area contributed by atoms with Crippen LogP contribution in [-0.2, 0) is 20.9 Å². The number of hydrogen-bond acceptors (Lipinski definition) is 6. The molecule has 128 valence electrons. The predicted molar refractivity (Wildman–Crippen MR) is 82.8 cm³/mol. The SMILES string of the molecule is COc1coc(COC(=O)CCCCCCCC(N)=O)cc1=O. The molecule has 0 saturated heterocycles. The molecule has 0 aliphatic carbocycles. The summed E-state index contributed by atoms with van der Waals surface area (Å²) < 4.78 is 15.0. The lowest BCUT2D eigenvalue weighted by atomic mass is 10.1. The summed E-state index contributed by atoms with van der Waals surface area (Å²) in [6, 6.07) is 1.24. The zero-order valence-electron chi connectivity index (χ0n) is 13.3. The third-order valence-corrected chi connectivity index (χ3v) is 3.25. The number of ether oxygens (including phenoxy) is 2. The summed E-state index contributed by atoms with van der Waals surface area (Å²) in [6.45, 7) is -0.0727. The van der Waals surface area contributed by atoms with Crippen LogP contribution in [0.2, 0.25) is 0 Å². The average molecular weight is 325 g/mol. The van der Waals surface area contributed by atoms with Gasteiger partial charge >= 0.3 is 5.97 Å². The van der Waals surface area contributed by atoms with Crippen LogP contribution >= 0.6 is 0 Å². The molecule has 0 fully saturated rings. The average Bonchev–Trinajstić information content (AvgIpc) is 2.51. The first-order chi connectivity index (χ1) is 11.0. The molecule has 0 radical (unpaired) electrons. The number of nitrogens with two attached hydrogens (primary N) is 1. The van der Waals surface area contributed by atoms with Gasteiger partial charge in [-0.15, -0.1) is 0 Å². The van der Waals surface area contributed by atoms with Crippen LogP contribution in [-0.4, -0.2) is 19.0 Å². The molecular formula is C16H23NO6. The number of hydrogen-bond donors (Lipinski definition) is 1. The number of rotatable bonds is 11. The molecule has 1 rings (SSSR count). The Morgan fingerprint density at radius 3 is 2.39 bits per heavy atom. The van der Waals surface area contributed by atoms with Gasteiger partial charge < -0.3 is 19.6 Å². The molecule has 7 nitrogen and oxygen atoms in total. The zero-order chi connectivity index (χ0) is 17.1. The van der Waals surface area contributed by atoms with E-state index in [1.807, 2.05) is 0 Å². The highest BCUT2D eigenvalue weighted by molar-refractivity contribution is 5.73. The number of unbranched alkanes of at least 4 members (excludes halogenated alkanes) is 4. The van der Waals surface area contributed by atoms with Crippen LogP contribution in [0.25, 0.3) is 0 Å². The second-order valence-electron chi connectivity index (χ2n) is 5.17. The van der Waals surface area contributed by atoms with Crippen molar-refractivity contribution < 1.29 is 23.5 Å². The van der Waals surface area contributed by atoms with Crippen LogP contribution in [0.4, 0.5) is 0 Å². The van der Waals surface area contributed by atoms with Crippen molar-refractivity contribution in [2.24, 2.45) is 5.73 Å². The molecule has 0 bridgehead atoms. The van der Waals surface area contributed by atoms with Gasteiger partial charge in [0, 0.05) is 18.9 Å². The van der Waals surface area contributed by atoms with Crippen molar-refractivity contribution in [3.8, 4) is 5.75 Å². The Morgan fingerprint density at radius 1 is 1.13 bits per heavy atom. The van der Waals surface area contributed by atoms with Gasteiger partial charge in [0.2, 0.25) is 17.1 Å². The van der Waals surface area contributed by atoms with Crippen LogP contribution in [0.3, 0.4) is 0 Å². The number of primary amides is 1. The normalized spacial score (nSPS) is 10.3. The van der Waals surface area contributed by atoms with E-state index in [1.165, 1.54) is 19.4 Å². The summed E-state index contributed by atoms with van der Waals surface area (Å²) in [6.07, 6.45) is 6.20. The maximum absolute atomic E-state index is 11.6. The lowest BCUT2D eigenvalue weighted by molar-refractivity contribution is -0.145. The number of methoxy groups -OCH3 is 1. The van der Waals surface area contributed by atoms with Gasteiger partial charge in [0.25, 0.3) is 0 Å². The Balaban J connectivity index is 2.14. The van der Waals surface area contributed by atoms with Crippen molar-refractivity contribution in [3.05, 3.63) is 28.3 Å². The second-order valence-corrected chi connectivity index (χ2v) is 5.17. The third-order valence-electron chi connectivity index (χ3n) is 3.25. The summed E-state index contributed by atoms with van der Waals surface area (Å²) in [5.41, 5.74) is 4.73. The molecule has 0 aliphatic heterocycles. The lowest BCUT2D eigenvalue weighted by Gasteiger charge is -2.05. The molecule has 1 aromatic heterocycles. The maximum atomic E-state index is 11.6. The van der Waals surface area contributed by atoms with Gasteiger partial charge in [-0.2, -0.15) is 0 Å². The van der Waals surface area contributed by atoms with Crippen molar-refractivity contribution in [3.63, 3.8) is 0 Å². The van der Waals surface area contributed by atoms with Crippen molar-refractivity contribution in [1.29, 1.82) is 0 Å². The van der Waals surface area contributed by atoms with E-state index in [1.54, 1.807) is 0 Å². The van der Waals surface area contributed by atoms with Crippen LogP contribution in [0, 0.1) is 0 Å². The fourth-order valence-electron chi connectivity index (χ4n) is 1.99. The van der Waals surface area contributed by atoms with Crippen molar-refractivity contribution >= 4 is 11.9 Å². The largest absolute Gasteiger partial charge is 0.490 e. The molecule has 1 heterocycles. The Bertz CT molecular complexity index is 566. The predicted octanol–water partition coefficient (Wildman–Crippen LogP) is 1.91. The maximum Gasteiger partial charge on any atom is 0.306 e. The van der Waals surface area contributed by atoms with E-state index in [4.69, 9.17) is 19.6 Å². The van der Waals surface area contributed by atoms with E-state index in [0.717, 1.165) is 32.1 Å². The highest BCUT2D eigenvalue weighted by Crippen LogP contribution is 2.09. The molecule has 0 unspecified atom stereocenters. The van der Waals surface area contributed by atoms with E-state index >= 15 is 0 Å². The topological polar surface area (TPSA) is 109 Å². The lowest BCUT2D eigenvalue weighted by Crippen LogP contribution is -2.09. The third kappa shape index (κ3) is 8.04. The molecule has 7 heteroatoms. The van der Waals surface area contributed by atoms with E-state index in [0.29, 0.717) is 12.8 Å². The minimum absolute atomic E-state index is 0.0727. The van der Waals surface area contributed by atoms with Crippen molar-refractivity contribution in [2.75, 3.05) is 7.11 Å². The van der Waals surface area contributed by atoms with Crippen LogP contribution in [0.5, 0.6) is 5.75 Å². The number of carbonyl (C=O) groups is 2. The van der Waals surface area contributed by atoms with Gasteiger partial charge in [-0.1, -0.05) is 19.3 Å². The van der Waals surface area contributed by atoms with Gasteiger partial charge in [0.15, 0.2) is 0 Å². The quantitative estimate of drug-likeness (QED) is 0.491. The summed E-state index contributed by atoms with van der Waals surface area (Å²) >= 11 is 0. The molecule has 2 N–H and O–H groups in total. The number of esters is 1. The monoisotopic (exact) mass is 325 g/mol. The van der Waals surface area contributed by atoms with Crippen LogP contribution in [0.1, 0.15) is 50.7 Å². The molecular weight excluding hydrogens is 302 g/mol. The number of amides is 1. The smallest absolute Gasteiger partial charge is 0.306 e. The first-order valence-corrected chi connectivity index (χ1v) is 7.62. The fraction of sp³-hybridized carbons (Fsp3) is 0.562. The van der Waals surface area contributed by atoms with E-state index in [2.05, 4.69) is 0 Å². The standard InChI is InChI=1S/C16H23NO6/c1-21-14-11-22-12(9-13(14)18)10-23-16(20)8-6-4-2-3-5-7-15(17)19/h9,11H,2-8,10H2,1H3,(H2,17,19). The summed E-state index contributed by atoms with van der Waals surface area (Å²) in [5, 5.41) is 0. The van der Waals surface area contributed by atoms with Crippen molar-refractivity contribution in [2.45, 2.75) is 51.6 Å². The summed E-state index contributed by atoms with van der Waals surface area (Å²) in [5.74, 6) is -0.230. The highest BCUT2D eigenvalue weighted by Gasteiger charge is 2.07. The van der Waals surface area contributed by atoms with E-state index in [9.17, 15) is 14.4 Å². The van der Waals surface area contributed by atoms with Gasteiger partial charge in [-0.05, 0) is 12.8 Å². The van der Waals surface area contributed by atoms with Crippen LogP contribution < -0.4 is 15.9 Å². The molecule has 1 aromatic rings. The molecule has 23 heavy (non-hydrogen) atoms. The minimum atomic E-state index is -0.333. The first-order valence-electron chi connectivity index (χ1n) is 7.62. The Morgan fingerprint density at radius 2 is 1.78 bits per heavy atom. The molecule has 0 spiro atoms. The summed E-state index contributed by atoms with van der Waals surface area (Å²) in [4.78, 5) is 33.6. The highest BCUT2D eigenvalue weighted by atomic mass is 16.5. The van der Waals surface area contributed by atoms with Crippen molar-refractivity contribution in [1.82, 2.24) is 0 Å². The van der Waals surface area contributed by atoms with E-state index < -0.39 is 0 Å². The first kappa shape index (κ1) is 18.7.